The molecule has 0 bridgehead atoms. The summed E-state index contributed by atoms with van der Waals surface area (Å²) >= 11 is 0. The normalized spacial score (nSPS) is 18.1. The Kier molecular flexibility index (Phi) is 6.05. The van der Waals surface area contributed by atoms with Crippen molar-refractivity contribution in [1.29, 1.82) is 0 Å². The minimum atomic E-state index is -0.707. The summed E-state index contributed by atoms with van der Waals surface area (Å²) in [4.78, 5) is 35.4. The molecular formula is C20H27N5O4. The minimum Gasteiger partial charge on any atom is -0.462 e. The van der Waals surface area contributed by atoms with Crippen molar-refractivity contribution in [2.45, 2.75) is 51.6 Å². The van der Waals surface area contributed by atoms with Gasteiger partial charge in [0.2, 0.25) is 11.9 Å². The Balaban J connectivity index is 2.13. The van der Waals surface area contributed by atoms with Gasteiger partial charge >= 0.3 is 11.9 Å². The maximum atomic E-state index is 12.7. The summed E-state index contributed by atoms with van der Waals surface area (Å²) in [5, 5.41) is 0. The van der Waals surface area contributed by atoms with Crippen LogP contribution in [-0.4, -0.2) is 42.7 Å². The van der Waals surface area contributed by atoms with Crippen LogP contribution in [-0.2, 0) is 9.47 Å². The van der Waals surface area contributed by atoms with E-state index >= 15 is 0 Å². The van der Waals surface area contributed by atoms with Gasteiger partial charge in [-0.1, -0.05) is 6.42 Å². The first-order valence-corrected chi connectivity index (χ1v) is 9.90. The van der Waals surface area contributed by atoms with E-state index < -0.39 is 17.6 Å². The third kappa shape index (κ3) is 4.03. The highest BCUT2D eigenvalue weighted by Gasteiger charge is 2.44. The lowest BCUT2D eigenvalue weighted by atomic mass is 9.86. The van der Waals surface area contributed by atoms with Crippen molar-refractivity contribution in [2.24, 2.45) is 21.5 Å². The molecule has 1 spiro atoms. The zero-order valence-corrected chi connectivity index (χ0v) is 16.8. The molecule has 0 unspecified atom stereocenters. The molecule has 2 aliphatic rings. The molecule has 1 aliphatic heterocycles. The Morgan fingerprint density at radius 1 is 1.07 bits per heavy atom. The van der Waals surface area contributed by atoms with Crippen LogP contribution in [0.25, 0.3) is 0 Å². The van der Waals surface area contributed by atoms with Crippen LogP contribution >= 0.6 is 0 Å². The quantitative estimate of drug-likeness (QED) is 0.722. The molecular weight excluding hydrogens is 374 g/mol. The van der Waals surface area contributed by atoms with Gasteiger partial charge in [0.05, 0.1) is 30.0 Å². The van der Waals surface area contributed by atoms with Crippen molar-refractivity contribution in [3.8, 4) is 0 Å². The smallest absolute Gasteiger partial charge is 0.340 e. The molecule has 3 rings (SSSR count). The van der Waals surface area contributed by atoms with Crippen molar-refractivity contribution in [3.63, 3.8) is 0 Å². The lowest BCUT2D eigenvalue weighted by Crippen LogP contribution is -2.58. The molecule has 1 saturated carbocycles. The molecule has 1 aliphatic carbocycles. The van der Waals surface area contributed by atoms with E-state index in [2.05, 4.69) is 9.98 Å². The van der Waals surface area contributed by atoms with Crippen LogP contribution in [0.15, 0.2) is 28.2 Å². The van der Waals surface area contributed by atoms with Gasteiger partial charge in [-0.3, -0.25) is 4.90 Å². The number of rotatable bonds is 5. The second-order valence-corrected chi connectivity index (χ2v) is 6.99. The molecule has 9 heteroatoms. The highest BCUT2D eigenvalue weighted by molar-refractivity contribution is 6.10. The van der Waals surface area contributed by atoms with Gasteiger partial charge in [0.15, 0.2) is 0 Å². The van der Waals surface area contributed by atoms with Gasteiger partial charge in [0, 0.05) is 0 Å². The first-order valence-electron chi connectivity index (χ1n) is 9.90. The Bertz CT molecular complexity index is 858. The average molecular weight is 401 g/mol. The van der Waals surface area contributed by atoms with Crippen molar-refractivity contribution in [1.82, 2.24) is 0 Å². The van der Waals surface area contributed by atoms with Crippen molar-refractivity contribution < 1.29 is 19.1 Å². The number of guanidine groups is 2. The van der Waals surface area contributed by atoms with Crippen LogP contribution in [0.1, 0.15) is 66.7 Å². The molecule has 0 saturated heterocycles. The first-order chi connectivity index (χ1) is 13.9. The number of nitrogens with two attached hydrogens (primary N) is 2. The fraction of sp³-hybridized carbons (Fsp3) is 0.500. The fourth-order valence-electron chi connectivity index (χ4n) is 3.91. The largest absolute Gasteiger partial charge is 0.462 e. The summed E-state index contributed by atoms with van der Waals surface area (Å²) in [6.45, 7) is 3.87. The summed E-state index contributed by atoms with van der Waals surface area (Å²) < 4.78 is 10.3. The molecule has 1 aromatic carbocycles. The number of hydrogen-bond acceptors (Lipinski definition) is 9. The van der Waals surface area contributed by atoms with E-state index in [0.717, 1.165) is 32.1 Å². The highest BCUT2D eigenvalue weighted by atomic mass is 16.5. The maximum Gasteiger partial charge on any atom is 0.340 e. The van der Waals surface area contributed by atoms with E-state index in [1.807, 2.05) is 0 Å². The second-order valence-electron chi connectivity index (χ2n) is 6.99. The molecule has 0 amide bonds. The van der Waals surface area contributed by atoms with Gasteiger partial charge in [0.25, 0.3) is 0 Å². The van der Waals surface area contributed by atoms with E-state index in [1.165, 1.54) is 6.07 Å². The van der Waals surface area contributed by atoms with Crippen LogP contribution < -0.4 is 16.4 Å². The Morgan fingerprint density at radius 2 is 1.72 bits per heavy atom. The molecule has 29 heavy (non-hydrogen) atoms. The van der Waals surface area contributed by atoms with Gasteiger partial charge in [-0.15, -0.1) is 0 Å². The van der Waals surface area contributed by atoms with E-state index in [0.29, 0.717) is 5.69 Å². The first kappa shape index (κ1) is 20.6. The van der Waals surface area contributed by atoms with Crippen LogP contribution in [0.4, 0.5) is 5.69 Å². The zero-order chi connectivity index (χ0) is 21.0. The topological polar surface area (TPSA) is 133 Å². The maximum absolute atomic E-state index is 12.7. The summed E-state index contributed by atoms with van der Waals surface area (Å²) in [7, 11) is 0. The molecule has 9 nitrogen and oxygen atoms in total. The molecule has 0 atom stereocenters. The van der Waals surface area contributed by atoms with Gasteiger partial charge in [-0.05, 0) is 57.7 Å². The van der Waals surface area contributed by atoms with E-state index in [9.17, 15) is 9.59 Å². The van der Waals surface area contributed by atoms with Gasteiger partial charge < -0.3 is 20.9 Å². The van der Waals surface area contributed by atoms with E-state index in [1.54, 1.807) is 30.9 Å². The number of esters is 2. The summed E-state index contributed by atoms with van der Waals surface area (Å²) in [5.74, 6) is -0.787. The van der Waals surface area contributed by atoms with E-state index in [-0.39, 0.29) is 36.3 Å². The second kappa shape index (κ2) is 8.50. The standard InChI is InChI=1S/C20H27N5O4/c1-3-28-16(26)13-8-9-15(14(12-13)17(27)29-4-2)25-19(22)23-18(21)24-20(25)10-6-5-7-11-20/h8-9,12H,3-7,10-11H2,1-2H3,(H4,21,22,23,24). The number of ether oxygens (including phenoxy) is 2. The van der Waals surface area contributed by atoms with Crippen molar-refractivity contribution in [2.75, 3.05) is 18.1 Å². The molecule has 0 aromatic heterocycles. The van der Waals surface area contributed by atoms with Crippen LogP contribution in [0, 0.1) is 0 Å². The Labute approximate surface area is 169 Å². The number of carbonyl (C=O) groups excluding carboxylic acids is 2. The summed E-state index contributed by atoms with van der Waals surface area (Å²) in [5.41, 5.74) is 12.4. The molecule has 0 radical (unpaired) electrons. The fourth-order valence-corrected chi connectivity index (χ4v) is 3.91. The van der Waals surface area contributed by atoms with Crippen molar-refractivity contribution in [3.05, 3.63) is 29.3 Å². The molecule has 156 valence electrons. The summed E-state index contributed by atoms with van der Waals surface area (Å²) in [6.07, 6.45) is 4.46. The van der Waals surface area contributed by atoms with Crippen LogP contribution in [0.2, 0.25) is 0 Å². The molecule has 1 heterocycles. The lowest BCUT2D eigenvalue weighted by Gasteiger charge is -2.46. The third-order valence-electron chi connectivity index (χ3n) is 5.10. The number of benzene rings is 1. The predicted octanol–water partition coefficient (Wildman–Crippen LogP) is 2.15. The Morgan fingerprint density at radius 3 is 2.38 bits per heavy atom. The molecule has 1 aromatic rings. The van der Waals surface area contributed by atoms with Gasteiger partial charge in [0.1, 0.15) is 5.66 Å². The number of anilines is 1. The van der Waals surface area contributed by atoms with E-state index in [4.69, 9.17) is 20.9 Å². The van der Waals surface area contributed by atoms with Crippen molar-refractivity contribution >= 4 is 29.5 Å². The molecule has 1 fully saturated rings. The monoisotopic (exact) mass is 401 g/mol. The third-order valence-corrected chi connectivity index (χ3v) is 5.10. The average Bonchev–Trinajstić information content (AvgIpc) is 2.68. The number of nitrogens with zero attached hydrogens (tertiary/aromatic N) is 3. The number of hydrogen-bond donors (Lipinski definition) is 2. The minimum absolute atomic E-state index is 0.126. The van der Waals surface area contributed by atoms with Gasteiger partial charge in [-0.25, -0.2) is 14.6 Å². The zero-order valence-electron chi connectivity index (χ0n) is 16.8. The summed E-state index contributed by atoms with van der Waals surface area (Å²) in [6, 6.07) is 4.73. The number of aliphatic imine (C=N–C) groups is 2. The Hall–Kier alpha value is -3.10. The lowest BCUT2D eigenvalue weighted by molar-refractivity contribution is 0.0525. The van der Waals surface area contributed by atoms with Crippen LogP contribution in [0.3, 0.4) is 0 Å². The van der Waals surface area contributed by atoms with Crippen LogP contribution in [0.5, 0.6) is 0 Å². The SMILES string of the molecule is CCOC(=O)c1ccc(N2C(N)=NC(N)=NC23CCCCC3)c(C(=O)OCC)c1. The van der Waals surface area contributed by atoms with Gasteiger partial charge in [-0.2, -0.15) is 4.99 Å². The predicted molar refractivity (Wildman–Crippen MR) is 110 cm³/mol. The highest BCUT2D eigenvalue weighted by Crippen LogP contribution is 2.41. The molecule has 4 N–H and O–H groups in total. The number of carbonyl (C=O) groups is 2.